The summed E-state index contributed by atoms with van der Waals surface area (Å²) in [5.74, 6) is -3.22. The number of hydrogen-bond acceptors (Lipinski definition) is 6. The number of hydrogen-bond donors (Lipinski definition) is 6. The fourth-order valence-electron chi connectivity index (χ4n) is 3.38. The number of carbonyl (C=O) groups excluding carboxylic acids is 3. The summed E-state index contributed by atoms with van der Waals surface area (Å²) in [6.45, 7) is 2.85. The van der Waals surface area contributed by atoms with Gasteiger partial charge in [-0.25, -0.2) is 0 Å². The number of phenols is 1. The highest BCUT2D eigenvalue weighted by atomic mass is 16.4. The van der Waals surface area contributed by atoms with Crippen LogP contribution in [0, 0.1) is 5.92 Å². The molecule has 0 saturated carbocycles. The van der Waals surface area contributed by atoms with E-state index in [1.54, 1.807) is 38.1 Å². The molecule has 35 heavy (non-hydrogen) atoms. The lowest BCUT2D eigenvalue weighted by Crippen LogP contribution is -2.58. The second-order valence-corrected chi connectivity index (χ2v) is 8.57. The van der Waals surface area contributed by atoms with Crippen LogP contribution in [-0.2, 0) is 32.0 Å². The van der Waals surface area contributed by atoms with Crippen molar-refractivity contribution in [2.45, 2.75) is 44.8 Å². The average molecular weight is 485 g/mol. The number of benzene rings is 2. The highest BCUT2D eigenvalue weighted by molar-refractivity contribution is 5.94. The number of amides is 3. The van der Waals surface area contributed by atoms with Crippen molar-refractivity contribution in [2.75, 3.05) is 6.54 Å². The van der Waals surface area contributed by atoms with Crippen molar-refractivity contribution in [2.24, 2.45) is 11.7 Å². The van der Waals surface area contributed by atoms with Gasteiger partial charge in [0.25, 0.3) is 0 Å². The number of carboxylic acids is 1. The average Bonchev–Trinajstić information content (AvgIpc) is 2.82. The van der Waals surface area contributed by atoms with Gasteiger partial charge >= 0.3 is 5.97 Å². The molecule has 0 aliphatic rings. The number of nitrogens with one attached hydrogen (secondary N) is 3. The first kappa shape index (κ1) is 27.3. The molecule has 0 bridgehead atoms. The predicted molar refractivity (Wildman–Crippen MR) is 129 cm³/mol. The van der Waals surface area contributed by atoms with E-state index in [-0.39, 0.29) is 24.5 Å². The fraction of sp³-hybridized carbons (Fsp3) is 0.360. The summed E-state index contributed by atoms with van der Waals surface area (Å²) in [5, 5.41) is 25.8. The van der Waals surface area contributed by atoms with Crippen LogP contribution in [-0.4, -0.2) is 58.6 Å². The van der Waals surface area contributed by atoms with Gasteiger partial charge < -0.3 is 31.9 Å². The van der Waals surface area contributed by atoms with E-state index in [2.05, 4.69) is 16.0 Å². The summed E-state index contributed by atoms with van der Waals surface area (Å²) in [7, 11) is 0. The normalized spacial score (nSPS) is 13.4. The van der Waals surface area contributed by atoms with Gasteiger partial charge in [-0.05, 0) is 35.6 Å². The molecule has 188 valence electrons. The zero-order chi connectivity index (χ0) is 26.0. The van der Waals surface area contributed by atoms with Crippen LogP contribution < -0.4 is 21.7 Å². The van der Waals surface area contributed by atoms with Crippen LogP contribution in [0.3, 0.4) is 0 Å². The van der Waals surface area contributed by atoms with E-state index in [1.807, 2.05) is 18.2 Å². The maximum Gasteiger partial charge on any atom is 0.322 e. The number of aromatic hydroxyl groups is 1. The van der Waals surface area contributed by atoms with Crippen LogP contribution in [0.1, 0.15) is 25.0 Å². The van der Waals surface area contributed by atoms with Crippen LogP contribution in [0.25, 0.3) is 0 Å². The Labute approximate surface area is 203 Å². The molecule has 0 aliphatic carbocycles. The molecular weight excluding hydrogens is 452 g/mol. The third kappa shape index (κ3) is 9.09. The highest BCUT2D eigenvalue weighted by Gasteiger charge is 2.30. The summed E-state index contributed by atoms with van der Waals surface area (Å²) >= 11 is 0. The van der Waals surface area contributed by atoms with Crippen molar-refractivity contribution in [3.05, 3.63) is 65.7 Å². The molecule has 0 spiro atoms. The second-order valence-electron chi connectivity index (χ2n) is 8.57. The molecule has 3 amide bonds. The van der Waals surface area contributed by atoms with E-state index >= 15 is 0 Å². The standard InChI is InChI=1S/C25H32N4O6/c1-15(2)22(25(35)27-14-21(31)32)29-24(34)20(13-16-6-4-3-5-7-16)28-23(33)19(26)12-17-8-10-18(30)11-9-17/h3-11,15,19-20,22,30H,12-14,26H2,1-2H3,(H,27,35)(H,28,33)(H,29,34)(H,31,32). The minimum Gasteiger partial charge on any atom is -0.508 e. The molecular formula is C25H32N4O6. The Morgan fingerprint density at radius 2 is 1.43 bits per heavy atom. The molecule has 0 aliphatic heterocycles. The number of aliphatic carboxylic acids is 1. The summed E-state index contributed by atoms with van der Waals surface area (Å²) in [5.41, 5.74) is 7.60. The molecule has 3 atom stereocenters. The lowest BCUT2D eigenvalue weighted by molar-refractivity contribution is -0.139. The number of carboxylic acid groups (broad SMARTS) is 1. The Hall–Kier alpha value is -3.92. The van der Waals surface area contributed by atoms with Crippen molar-refractivity contribution in [1.82, 2.24) is 16.0 Å². The van der Waals surface area contributed by atoms with Gasteiger partial charge in [0.2, 0.25) is 17.7 Å². The van der Waals surface area contributed by atoms with Crippen LogP contribution >= 0.6 is 0 Å². The van der Waals surface area contributed by atoms with Gasteiger partial charge in [-0.2, -0.15) is 0 Å². The maximum atomic E-state index is 13.2. The lowest BCUT2D eigenvalue weighted by Gasteiger charge is -2.26. The first-order chi connectivity index (χ1) is 16.6. The van der Waals surface area contributed by atoms with E-state index < -0.39 is 48.4 Å². The molecule has 2 aromatic carbocycles. The molecule has 0 heterocycles. The number of phenolic OH excluding ortho intramolecular Hbond substituents is 1. The molecule has 0 radical (unpaired) electrons. The van der Waals surface area contributed by atoms with Gasteiger partial charge in [0.15, 0.2) is 0 Å². The molecule has 0 aromatic heterocycles. The molecule has 7 N–H and O–H groups in total. The molecule has 3 unspecified atom stereocenters. The van der Waals surface area contributed by atoms with Gasteiger partial charge in [0, 0.05) is 6.42 Å². The van der Waals surface area contributed by atoms with Crippen LogP contribution in [0.15, 0.2) is 54.6 Å². The van der Waals surface area contributed by atoms with E-state index in [4.69, 9.17) is 10.8 Å². The smallest absolute Gasteiger partial charge is 0.322 e. The zero-order valence-electron chi connectivity index (χ0n) is 19.7. The highest BCUT2D eigenvalue weighted by Crippen LogP contribution is 2.12. The van der Waals surface area contributed by atoms with Crippen molar-refractivity contribution < 1.29 is 29.4 Å². The Balaban J connectivity index is 2.14. The Kier molecular flexibility index (Phi) is 10.2. The summed E-state index contributed by atoms with van der Waals surface area (Å²) in [6.07, 6.45) is 0.351. The number of nitrogens with two attached hydrogens (primary N) is 1. The molecule has 10 nitrogen and oxygen atoms in total. The SMILES string of the molecule is CC(C)C(NC(=O)C(Cc1ccccc1)NC(=O)C(N)Cc1ccc(O)cc1)C(=O)NCC(=O)O. The Morgan fingerprint density at radius 1 is 0.829 bits per heavy atom. The van der Waals surface area contributed by atoms with Gasteiger partial charge in [0.05, 0.1) is 6.04 Å². The van der Waals surface area contributed by atoms with Crippen LogP contribution in [0.2, 0.25) is 0 Å². The van der Waals surface area contributed by atoms with Gasteiger partial charge in [-0.3, -0.25) is 19.2 Å². The van der Waals surface area contributed by atoms with Gasteiger partial charge in [0.1, 0.15) is 24.4 Å². The monoisotopic (exact) mass is 484 g/mol. The van der Waals surface area contributed by atoms with Gasteiger partial charge in [-0.1, -0.05) is 56.3 Å². The van der Waals surface area contributed by atoms with Crippen molar-refractivity contribution in [3.63, 3.8) is 0 Å². The minimum atomic E-state index is -1.20. The first-order valence-corrected chi connectivity index (χ1v) is 11.2. The third-order valence-corrected chi connectivity index (χ3v) is 5.31. The van der Waals surface area contributed by atoms with Crippen molar-refractivity contribution in [3.8, 4) is 5.75 Å². The lowest BCUT2D eigenvalue weighted by atomic mass is 10.00. The fourth-order valence-corrected chi connectivity index (χ4v) is 3.38. The number of carbonyl (C=O) groups is 4. The second kappa shape index (κ2) is 13.1. The molecule has 2 rings (SSSR count). The van der Waals surface area contributed by atoms with Crippen molar-refractivity contribution >= 4 is 23.7 Å². The first-order valence-electron chi connectivity index (χ1n) is 11.2. The van der Waals surface area contributed by atoms with E-state index in [1.165, 1.54) is 12.1 Å². The maximum absolute atomic E-state index is 13.2. The Morgan fingerprint density at radius 3 is 2.00 bits per heavy atom. The zero-order valence-corrected chi connectivity index (χ0v) is 19.7. The van der Waals surface area contributed by atoms with E-state index in [0.29, 0.717) is 0 Å². The van der Waals surface area contributed by atoms with E-state index in [9.17, 15) is 24.3 Å². The molecule has 10 heteroatoms. The Bertz CT molecular complexity index is 1010. The third-order valence-electron chi connectivity index (χ3n) is 5.31. The van der Waals surface area contributed by atoms with E-state index in [0.717, 1.165) is 11.1 Å². The molecule has 0 saturated heterocycles. The van der Waals surface area contributed by atoms with Gasteiger partial charge in [-0.15, -0.1) is 0 Å². The van der Waals surface area contributed by atoms with Crippen LogP contribution in [0.5, 0.6) is 5.75 Å². The largest absolute Gasteiger partial charge is 0.508 e. The quantitative estimate of drug-likeness (QED) is 0.252. The topological polar surface area (TPSA) is 171 Å². The van der Waals surface area contributed by atoms with Crippen LogP contribution in [0.4, 0.5) is 0 Å². The summed E-state index contributed by atoms with van der Waals surface area (Å²) in [6, 6.07) is 12.4. The molecule has 2 aromatic rings. The summed E-state index contributed by atoms with van der Waals surface area (Å²) in [4.78, 5) is 49.2. The minimum absolute atomic E-state index is 0.0958. The molecule has 0 fully saturated rings. The van der Waals surface area contributed by atoms with Crippen molar-refractivity contribution in [1.29, 1.82) is 0 Å². The number of rotatable bonds is 12. The summed E-state index contributed by atoms with van der Waals surface area (Å²) < 4.78 is 0. The predicted octanol–water partition coefficient (Wildman–Crippen LogP) is 0.331.